The first-order valence-corrected chi connectivity index (χ1v) is 3.26. The second-order valence-electron chi connectivity index (χ2n) is 2.07. The molecule has 0 spiro atoms. The number of aromatic amines is 1. The average molecular weight is 155 g/mol. The van der Waals surface area contributed by atoms with Gasteiger partial charge in [-0.15, -0.1) is 0 Å². The van der Waals surface area contributed by atoms with Crippen molar-refractivity contribution >= 4 is 6.47 Å². The third-order valence-electron chi connectivity index (χ3n) is 1.35. The molecule has 11 heavy (non-hydrogen) atoms. The van der Waals surface area contributed by atoms with Crippen LogP contribution in [0.2, 0.25) is 0 Å². The van der Waals surface area contributed by atoms with E-state index in [-0.39, 0.29) is 0 Å². The van der Waals surface area contributed by atoms with E-state index < -0.39 is 0 Å². The first-order valence-electron chi connectivity index (χ1n) is 3.26. The van der Waals surface area contributed by atoms with E-state index in [0.717, 1.165) is 11.4 Å². The van der Waals surface area contributed by atoms with Crippen LogP contribution in [0.5, 0.6) is 0 Å². The molecule has 1 aromatic rings. The Morgan fingerprint density at radius 2 is 2.45 bits per heavy atom. The van der Waals surface area contributed by atoms with Gasteiger partial charge in [-0.3, -0.25) is 4.79 Å². The van der Waals surface area contributed by atoms with Crippen LogP contribution in [0.1, 0.15) is 11.4 Å². The summed E-state index contributed by atoms with van der Waals surface area (Å²) < 4.78 is 4.50. The lowest BCUT2D eigenvalue weighted by molar-refractivity contribution is -0.128. The second-order valence-corrected chi connectivity index (χ2v) is 2.07. The second kappa shape index (κ2) is 3.70. The molecule has 0 atom stereocenters. The maximum atomic E-state index is 9.75. The summed E-state index contributed by atoms with van der Waals surface area (Å²) >= 11 is 0. The summed E-state index contributed by atoms with van der Waals surface area (Å²) in [6.07, 6.45) is 0.612. The number of rotatable bonds is 4. The zero-order valence-electron chi connectivity index (χ0n) is 6.20. The molecule has 0 unspecified atom stereocenters. The lowest BCUT2D eigenvalue weighted by Gasteiger charge is -1.94. The van der Waals surface area contributed by atoms with Crippen LogP contribution in [0.3, 0.4) is 0 Å². The van der Waals surface area contributed by atoms with E-state index in [2.05, 4.69) is 20.1 Å². The van der Waals surface area contributed by atoms with Gasteiger partial charge >= 0.3 is 0 Å². The van der Waals surface area contributed by atoms with Gasteiger partial charge in [-0.2, -0.15) is 15.4 Å². The molecule has 0 aliphatic heterocycles. The van der Waals surface area contributed by atoms with Crippen molar-refractivity contribution in [2.24, 2.45) is 0 Å². The molecule has 0 bridgehead atoms. The van der Waals surface area contributed by atoms with Gasteiger partial charge in [-0.25, -0.2) is 0 Å². The number of H-pyrrole nitrogens is 1. The Bertz CT molecular complexity index is 233. The number of nitrogens with one attached hydrogen (secondary N) is 1. The van der Waals surface area contributed by atoms with Crippen molar-refractivity contribution in [2.45, 2.75) is 13.3 Å². The molecule has 1 N–H and O–H groups in total. The molecule has 0 radical (unpaired) electrons. The number of hydrogen-bond donors (Lipinski definition) is 1. The molecular weight excluding hydrogens is 146 g/mol. The number of nitrogens with zero attached hydrogens (tertiary/aromatic N) is 2. The fourth-order valence-corrected chi connectivity index (χ4v) is 0.746. The molecule has 0 saturated carbocycles. The normalized spacial score (nSPS) is 9.55. The quantitative estimate of drug-likeness (QED) is 0.484. The molecule has 60 valence electrons. The summed E-state index contributed by atoms with van der Waals surface area (Å²) in [5.41, 5.74) is 1.69. The van der Waals surface area contributed by atoms with Crippen LogP contribution in [0.15, 0.2) is 0 Å². The lowest BCUT2D eigenvalue weighted by Crippen LogP contribution is -1.98. The Labute approximate surface area is 63.8 Å². The number of aryl methyl sites for hydroxylation is 1. The first kappa shape index (κ1) is 7.71. The predicted octanol–water partition coefficient (Wildman–Crippen LogP) is -0.171. The van der Waals surface area contributed by atoms with Crippen LogP contribution in [0.4, 0.5) is 0 Å². The minimum absolute atomic E-state index is 0.358. The number of carbonyl (C=O) groups excluding carboxylic acids is 1. The highest BCUT2D eigenvalue weighted by molar-refractivity contribution is 5.36. The molecule has 5 nitrogen and oxygen atoms in total. The van der Waals surface area contributed by atoms with Gasteiger partial charge in [0.15, 0.2) is 0 Å². The van der Waals surface area contributed by atoms with Crippen LogP contribution in [-0.2, 0) is 16.0 Å². The van der Waals surface area contributed by atoms with E-state index in [1.165, 1.54) is 0 Å². The van der Waals surface area contributed by atoms with Crippen molar-refractivity contribution in [3.63, 3.8) is 0 Å². The van der Waals surface area contributed by atoms with E-state index in [1.54, 1.807) is 0 Å². The van der Waals surface area contributed by atoms with Gasteiger partial charge in [-0.1, -0.05) is 0 Å². The van der Waals surface area contributed by atoms with Crippen molar-refractivity contribution < 1.29 is 9.53 Å². The summed E-state index contributed by atoms with van der Waals surface area (Å²) in [5.74, 6) is 0. The van der Waals surface area contributed by atoms with Crippen molar-refractivity contribution in [3.8, 4) is 0 Å². The Hall–Kier alpha value is -1.39. The number of carbonyl (C=O) groups is 1. The van der Waals surface area contributed by atoms with Gasteiger partial charge in [0.1, 0.15) is 0 Å². The smallest absolute Gasteiger partial charge is 0.293 e. The van der Waals surface area contributed by atoms with Crippen molar-refractivity contribution in [3.05, 3.63) is 11.4 Å². The summed E-state index contributed by atoms with van der Waals surface area (Å²) in [6, 6.07) is 0. The third kappa shape index (κ3) is 2.03. The highest BCUT2D eigenvalue weighted by atomic mass is 16.5. The summed E-state index contributed by atoms with van der Waals surface area (Å²) in [4.78, 5) is 9.75. The van der Waals surface area contributed by atoms with Crippen molar-refractivity contribution in [2.75, 3.05) is 6.61 Å². The highest BCUT2D eigenvalue weighted by Gasteiger charge is 2.01. The fourth-order valence-electron chi connectivity index (χ4n) is 0.746. The SMILES string of the molecule is Cc1n[nH]nc1CCOC=O. The van der Waals surface area contributed by atoms with Crippen LogP contribution in [0.25, 0.3) is 0 Å². The van der Waals surface area contributed by atoms with Crippen LogP contribution >= 0.6 is 0 Å². The van der Waals surface area contributed by atoms with Gasteiger partial charge in [0.05, 0.1) is 18.0 Å². The van der Waals surface area contributed by atoms with Crippen molar-refractivity contribution in [1.82, 2.24) is 15.4 Å². The van der Waals surface area contributed by atoms with Crippen LogP contribution in [-0.4, -0.2) is 28.5 Å². The van der Waals surface area contributed by atoms with E-state index in [1.807, 2.05) is 6.92 Å². The fraction of sp³-hybridized carbons (Fsp3) is 0.500. The molecule has 5 heteroatoms. The standard InChI is InChI=1S/C6H9N3O2/c1-5-6(8-9-7-5)2-3-11-4-10/h4H,2-3H2,1H3,(H,7,8,9). The maximum absolute atomic E-state index is 9.75. The van der Waals surface area contributed by atoms with Gasteiger partial charge in [0.2, 0.25) is 0 Å². The molecule has 1 aromatic heterocycles. The van der Waals surface area contributed by atoms with E-state index in [4.69, 9.17) is 0 Å². The first-order chi connectivity index (χ1) is 5.34. The van der Waals surface area contributed by atoms with Gasteiger partial charge < -0.3 is 4.74 Å². The van der Waals surface area contributed by atoms with E-state index >= 15 is 0 Å². The molecule has 0 saturated heterocycles. The number of ether oxygens (including phenoxy) is 1. The molecule has 1 heterocycles. The molecule has 0 aromatic carbocycles. The highest BCUT2D eigenvalue weighted by Crippen LogP contribution is 1.98. The summed E-state index contributed by atoms with van der Waals surface area (Å²) in [5, 5.41) is 10.2. The Morgan fingerprint density at radius 1 is 1.64 bits per heavy atom. The molecule has 0 fully saturated rings. The third-order valence-corrected chi connectivity index (χ3v) is 1.35. The zero-order valence-corrected chi connectivity index (χ0v) is 6.20. The van der Waals surface area contributed by atoms with Gasteiger partial charge in [0, 0.05) is 6.42 Å². The zero-order chi connectivity index (χ0) is 8.10. The number of hydrogen-bond acceptors (Lipinski definition) is 4. The van der Waals surface area contributed by atoms with Crippen LogP contribution in [0, 0.1) is 6.92 Å². The molecule has 0 aliphatic carbocycles. The maximum Gasteiger partial charge on any atom is 0.293 e. The molecule has 1 rings (SSSR count). The topological polar surface area (TPSA) is 67.9 Å². The Morgan fingerprint density at radius 3 is 3.00 bits per heavy atom. The molecule has 0 amide bonds. The van der Waals surface area contributed by atoms with Gasteiger partial charge in [-0.05, 0) is 6.92 Å². The monoisotopic (exact) mass is 155 g/mol. The summed E-state index contributed by atoms with van der Waals surface area (Å²) in [6.45, 7) is 2.63. The molecular formula is C6H9N3O2. The van der Waals surface area contributed by atoms with Gasteiger partial charge in [0.25, 0.3) is 6.47 Å². The van der Waals surface area contributed by atoms with Crippen molar-refractivity contribution in [1.29, 1.82) is 0 Å². The Kier molecular flexibility index (Phi) is 2.59. The Balaban J connectivity index is 2.38. The largest absolute Gasteiger partial charge is 0.467 e. The summed E-state index contributed by atoms with van der Waals surface area (Å²) in [7, 11) is 0. The van der Waals surface area contributed by atoms with E-state index in [0.29, 0.717) is 19.5 Å². The minimum Gasteiger partial charge on any atom is -0.467 e. The number of aromatic nitrogens is 3. The lowest BCUT2D eigenvalue weighted by atomic mass is 10.3. The molecule has 0 aliphatic rings. The minimum atomic E-state index is 0.358. The van der Waals surface area contributed by atoms with Crippen LogP contribution < -0.4 is 0 Å². The van der Waals surface area contributed by atoms with E-state index in [9.17, 15) is 4.79 Å². The average Bonchev–Trinajstić information content (AvgIpc) is 2.37. The predicted molar refractivity (Wildman–Crippen MR) is 36.8 cm³/mol.